The average Bonchev–Trinajstić information content (AvgIpc) is 3.08. The van der Waals surface area contributed by atoms with Gasteiger partial charge in [0.2, 0.25) is 6.79 Å². The predicted molar refractivity (Wildman–Crippen MR) is 85.8 cm³/mol. The van der Waals surface area contributed by atoms with E-state index in [1.54, 1.807) is 19.1 Å². The van der Waals surface area contributed by atoms with Crippen LogP contribution in [0.3, 0.4) is 0 Å². The van der Waals surface area contributed by atoms with E-state index in [0.717, 1.165) is 17.7 Å². The van der Waals surface area contributed by atoms with Crippen LogP contribution in [0.5, 0.6) is 11.5 Å². The van der Waals surface area contributed by atoms with E-state index < -0.39 is 24.3 Å². The van der Waals surface area contributed by atoms with Crippen LogP contribution in [0.1, 0.15) is 28.9 Å². The lowest BCUT2D eigenvalue weighted by Crippen LogP contribution is -2.31. The van der Waals surface area contributed by atoms with Gasteiger partial charge in [-0.05, 0) is 48.9 Å². The van der Waals surface area contributed by atoms with Gasteiger partial charge in [0.15, 0.2) is 18.1 Å². The number of hydrogen-bond acceptors (Lipinski definition) is 5. The number of ether oxygens (including phenoxy) is 3. The monoisotopic (exact) mass is 345 g/mol. The Kier molecular flexibility index (Phi) is 4.83. The van der Waals surface area contributed by atoms with Crippen molar-refractivity contribution >= 4 is 11.9 Å². The van der Waals surface area contributed by atoms with Gasteiger partial charge in [-0.3, -0.25) is 4.79 Å². The van der Waals surface area contributed by atoms with Crippen LogP contribution >= 0.6 is 0 Å². The van der Waals surface area contributed by atoms with E-state index >= 15 is 0 Å². The number of fused-ring (bicyclic) bond motifs is 1. The first-order valence-electron chi connectivity index (χ1n) is 7.64. The fourth-order valence-electron chi connectivity index (χ4n) is 2.35. The fraction of sp³-hybridized carbons (Fsp3) is 0.222. The summed E-state index contributed by atoms with van der Waals surface area (Å²) in [6.07, 6.45) is 0. The molecular formula is C18H16FNO5. The van der Waals surface area contributed by atoms with Crippen molar-refractivity contribution < 1.29 is 28.2 Å². The molecule has 0 fully saturated rings. The van der Waals surface area contributed by atoms with Gasteiger partial charge in [-0.2, -0.15) is 0 Å². The number of benzene rings is 2. The van der Waals surface area contributed by atoms with Gasteiger partial charge in [-0.25, -0.2) is 9.18 Å². The van der Waals surface area contributed by atoms with Crippen molar-refractivity contribution in [2.75, 3.05) is 13.4 Å². The summed E-state index contributed by atoms with van der Waals surface area (Å²) in [5, 5.41) is 2.73. The smallest absolute Gasteiger partial charge is 0.338 e. The molecule has 0 radical (unpaired) electrons. The molecule has 0 saturated carbocycles. The van der Waals surface area contributed by atoms with Crippen LogP contribution in [-0.4, -0.2) is 25.3 Å². The zero-order valence-corrected chi connectivity index (χ0v) is 13.5. The number of carbonyl (C=O) groups excluding carboxylic acids is 2. The normalized spacial score (nSPS) is 13.2. The molecule has 0 unspecified atom stereocenters. The lowest BCUT2D eigenvalue weighted by molar-refractivity contribution is -0.124. The summed E-state index contributed by atoms with van der Waals surface area (Å²) in [6, 6.07) is 9.98. The lowest BCUT2D eigenvalue weighted by atomic mass is 10.1. The van der Waals surface area contributed by atoms with E-state index in [2.05, 4.69) is 5.32 Å². The minimum Gasteiger partial charge on any atom is -0.454 e. The van der Waals surface area contributed by atoms with Crippen LogP contribution in [0.25, 0.3) is 0 Å². The summed E-state index contributed by atoms with van der Waals surface area (Å²) in [7, 11) is 0. The third-order valence-electron chi connectivity index (χ3n) is 3.69. The first-order chi connectivity index (χ1) is 12.0. The van der Waals surface area contributed by atoms with Crippen LogP contribution < -0.4 is 14.8 Å². The maximum absolute atomic E-state index is 12.8. The van der Waals surface area contributed by atoms with Crippen molar-refractivity contribution in [3.63, 3.8) is 0 Å². The topological polar surface area (TPSA) is 73.9 Å². The van der Waals surface area contributed by atoms with Crippen molar-refractivity contribution in [1.82, 2.24) is 5.32 Å². The molecule has 130 valence electrons. The standard InChI is InChI=1S/C18H16FNO5/c1-11(13-4-7-15-16(8-13)25-10-24-15)20-17(21)9-23-18(22)12-2-5-14(19)6-3-12/h2-8,11H,9-10H2,1H3,(H,20,21)/t11-/m1/s1. The van der Waals surface area contributed by atoms with Gasteiger partial charge < -0.3 is 19.5 Å². The molecule has 0 bridgehead atoms. The van der Waals surface area contributed by atoms with E-state index in [1.807, 2.05) is 6.07 Å². The van der Waals surface area contributed by atoms with Crippen molar-refractivity contribution in [2.24, 2.45) is 0 Å². The van der Waals surface area contributed by atoms with Crippen LogP contribution in [0, 0.1) is 5.82 Å². The molecule has 1 aliphatic rings. The van der Waals surface area contributed by atoms with E-state index in [9.17, 15) is 14.0 Å². The molecule has 2 aromatic rings. The third kappa shape index (κ3) is 4.06. The van der Waals surface area contributed by atoms with Gasteiger partial charge in [0, 0.05) is 0 Å². The SMILES string of the molecule is C[C@@H](NC(=O)COC(=O)c1ccc(F)cc1)c1ccc2c(c1)OCO2. The molecule has 25 heavy (non-hydrogen) atoms. The third-order valence-corrected chi connectivity index (χ3v) is 3.69. The summed E-state index contributed by atoms with van der Waals surface area (Å²) >= 11 is 0. The Labute approximate surface area is 143 Å². The second kappa shape index (κ2) is 7.21. The van der Waals surface area contributed by atoms with Gasteiger partial charge in [-0.15, -0.1) is 0 Å². The summed E-state index contributed by atoms with van der Waals surface area (Å²) in [5.41, 5.74) is 1.01. The Morgan fingerprint density at radius 3 is 2.64 bits per heavy atom. The van der Waals surface area contributed by atoms with E-state index in [1.165, 1.54) is 12.1 Å². The molecule has 6 nitrogen and oxygen atoms in total. The Morgan fingerprint density at radius 1 is 1.16 bits per heavy atom. The molecule has 1 atom stereocenters. The van der Waals surface area contributed by atoms with Gasteiger partial charge in [-0.1, -0.05) is 6.07 Å². The zero-order valence-electron chi connectivity index (χ0n) is 13.5. The molecule has 0 saturated heterocycles. The van der Waals surface area contributed by atoms with Gasteiger partial charge in [0.25, 0.3) is 5.91 Å². The predicted octanol–water partition coefficient (Wildman–Crippen LogP) is 2.59. The summed E-state index contributed by atoms with van der Waals surface area (Å²) in [4.78, 5) is 23.7. The van der Waals surface area contributed by atoms with Crippen molar-refractivity contribution in [1.29, 1.82) is 0 Å². The summed E-state index contributed by atoms with van der Waals surface area (Å²) in [5.74, 6) is -0.296. The number of rotatable bonds is 5. The second-order valence-corrected chi connectivity index (χ2v) is 5.48. The summed E-state index contributed by atoms with van der Waals surface area (Å²) < 4.78 is 28.3. The molecule has 1 N–H and O–H groups in total. The second-order valence-electron chi connectivity index (χ2n) is 5.48. The first-order valence-corrected chi connectivity index (χ1v) is 7.64. The zero-order chi connectivity index (χ0) is 17.8. The minimum absolute atomic E-state index is 0.179. The number of carbonyl (C=O) groups is 2. The quantitative estimate of drug-likeness (QED) is 0.843. The largest absolute Gasteiger partial charge is 0.454 e. The maximum atomic E-state index is 12.8. The van der Waals surface area contributed by atoms with E-state index in [0.29, 0.717) is 11.5 Å². The molecule has 3 rings (SSSR count). The molecule has 7 heteroatoms. The number of esters is 1. The van der Waals surface area contributed by atoms with E-state index in [-0.39, 0.29) is 18.4 Å². The number of amides is 1. The molecule has 0 aliphatic carbocycles. The number of nitrogens with one attached hydrogen (secondary N) is 1. The van der Waals surface area contributed by atoms with Crippen molar-refractivity contribution in [2.45, 2.75) is 13.0 Å². The molecule has 0 spiro atoms. The number of halogens is 1. The highest BCUT2D eigenvalue weighted by molar-refractivity contribution is 5.91. The van der Waals surface area contributed by atoms with Crippen molar-refractivity contribution in [3.8, 4) is 11.5 Å². The molecule has 0 aromatic heterocycles. The fourth-order valence-corrected chi connectivity index (χ4v) is 2.35. The Bertz CT molecular complexity index is 791. The lowest BCUT2D eigenvalue weighted by Gasteiger charge is -2.15. The summed E-state index contributed by atoms with van der Waals surface area (Å²) in [6.45, 7) is 1.56. The average molecular weight is 345 g/mol. The van der Waals surface area contributed by atoms with Gasteiger partial charge in [0.1, 0.15) is 5.82 Å². The highest BCUT2D eigenvalue weighted by atomic mass is 19.1. The maximum Gasteiger partial charge on any atom is 0.338 e. The van der Waals surface area contributed by atoms with Gasteiger partial charge in [0.05, 0.1) is 11.6 Å². The molecule has 1 heterocycles. The van der Waals surface area contributed by atoms with Crippen LogP contribution in [0.2, 0.25) is 0 Å². The first kappa shape index (κ1) is 16.8. The van der Waals surface area contributed by atoms with E-state index in [4.69, 9.17) is 14.2 Å². The highest BCUT2D eigenvalue weighted by Gasteiger charge is 2.17. The van der Waals surface area contributed by atoms with Crippen LogP contribution in [-0.2, 0) is 9.53 Å². The highest BCUT2D eigenvalue weighted by Crippen LogP contribution is 2.34. The molecule has 1 aliphatic heterocycles. The van der Waals surface area contributed by atoms with Crippen molar-refractivity contribution in [3.05, 3.63) is 59.4 Å². The molecule has 1 amide bonds. The number of hydrogen-bond donors (Lipinski definition) is 1. The Balaban J connectivity index is 1.52. The Morgan fingerprint density at radius 2 is 1.88 bits per heavy atom. The van der Waals surface area contributed by atoms with Crippen LogP contribution in [0.4, 0.5) is 4.39 Å². The molecular weight excluding hydrogens is 329 g/mol. The van der Waals surface area contributed by atoms with Crippen LogP contribution in [0.15, 0.2) is 42.5 Å². The Hall–Kier alpha value is -3.09. The van der Waals surface area contributed by atoms with Gasteiger partial charge >= 0.3 is 5.97 Å². The minimum atomic E-state index is -0.689. The molecule has 2 aromatic carbocycles.